The van der Waals surface area contributed by atoms with E-state index >= 15 is 0 Å². The topological polar surface area (TPSA) is 110 Å². The summed E-state index contributed by atoms with van der Waals surface area (Å²) in [5, 5.41) is 17.6. The summed E-state index contributed by atoms with van der Waals surface area (Å²) in [6.07, 6.45) is 77.2. The van der Waals surface area contributed by atoms with Gasteiger partial charge in [0.25, 0.3) is 0 Å². The zero-order chi connectivity index (χ0) is 70.5. The zero-order valence-corrected chi connectivity index (χ0v) is 68.1. The van der Waals surface area contributed by atoms with Gasteiger partial charge < -0.3 is 19.7 Å². The third kappa shape index (κ3) is 138. The summed E-state index contributed by atoms with van der Waals surface area (Å²) in [7, 11) is 0. The van der Waals surface area contributed by atoms with Gasteiger partial charge in [0.1, 0.15) is 10.6 Å². The molecule has 0 aromatic carbocycles. The number of aliphatic hydroxyl groups is 1. The van der Waals surface area contributed by atoms with Gasteiger partial charge in [0.05, 0.1) is 25.0 Å². The summed E-state index contributed by atoms with van der Waals surface area (Å²) in [5.41, 5.74) is 0. The Morgan fingerprint density at radius 2 is 0.656 bits per heavy atom. The van der Waals surface area contributed by atoms with Crippen LogP contribution in [0.5, 0.6) is 0 Å². The maximum atomic E-state index is 11.1. The predicted octanol–water partition coefficient (Wildman–Crippen LogP) is 27.6. The average Bonchev–Trinajstić information content (AvgIpc) is 3.59. The fourth-order valence-corrected chi connectivity index (χ4v) is 8.34. The van der Waals surface area contributed by atoms with E-state index in [9.17, 15) is 14.4 Å². The van der Waals surface area contributed by atoms with Crippen molar-refractivity contribution in [3.63, 3.8) is 0 Å². The van der Waals surface area contributed by atoms with Crippen molar-refractivity contribution in [1.29, 1.82) is 0 Å². The molecule has 0 radical (unpaired) electrons. The molecular weight excluding hydrogens is 1440 g/mol. The third-order valence-electron chi connectivity index (χ3n) is 13.4. The first-order valence-corrected chi connectivity index (χ1v) is 45.2. The predicted molar refractivity (Wildman–Crippen MR) is 428 cm³/mol. The molecule has 0 amide bonds. The van der Waals surface area contributed by atoms with Gasteiger partial charge in [-0.2, -0.15) is 0 Å². The van der Waals surface area contributed by atoms with E-state index in [0.717, 1.165) is 102 Å². The first-order chi connectivity index (χ1) is 45.4. The van der Waals surface area contributed by atoms with Crippen molar-refractivity contribution in [3.8, 4) is 59.7 Å². The number of unbranched alkanes of at least 4 members (excludes halogenated alkanes) is 33. The smallest absolute Gasteiger partial charge is 0.305 e. The lowest BCUT2D eigenvalue weighted by atomic mass is 10.1. The lowest BCUT2D eigenvalue weighted by Gasteiger charge is -2.01. The molecule has 0 heterocycles. The summed E-state index contributed by atoms with van der Waals surface area (Å²) in [6, 6.07) is 0. The Hall–Kier alpha value is -2.52. The molecule has 93 heavy (non-hydrogen) atoms. The second kappa shape index (κ2) is 108. The average molecular weight is 1580 g/mol. The number of hydrogen-bond acceptors (Lipinski definition) is 6. The molecule has 0 atom stereocenters. The Balaban J connectivity index is -0.000000197. The minimum Gasteiger partial charge on any atom is -0.481 e. The van der Waals surface area contributed by atoms with Crippen molar-refractivity contribution in [2.75, 3.05) is 25.2 Å². The summed E-state index contributed by atoms with van der Waals surface area (Å²) in [6.45, 7) is 17.9. The minimum absolute atomic E-state index is 0.00608. The number of ether oxygens (including phenoxy) is 2. The van der Waals surface area contributed by atoms with Crippen LogP contribution in [0.25, 0.3) is 0 Å². The zero-order valence-electron chi connectivity index (χ0n) is 60.9. The standard InChI is InChI=1S/C20H36O2.C20H32O2.C18H32O2.C8H13Br.C8H14O.C7H12.Br3P/c2*1-3-5-6-7-8-9-10-11-12-13-14-15-16-17-18-19-20(21)22-4-2;1-2-3-4-5-6-7-8-9-10-11-12-13-14-15-16-17-18(19)20;2*1-2-3-4-5-6-7-8-9;1-3-5-7-6-4-2;1-4(2)3/h8-9,11-12H,3-7,10,13-19H2,1-2H3;3-7,10,13-19H2,1-2H3;6-7,9-10H,2-5,8,11-17H2,1H3,(H,19,20);2-5,8H2,1H3;9H,2-5,8H2,1H3;1H,4-7H2,2H3;/b9-8-,12-11-;;7-6-,10-9-;;;;/i2*10+1;3*8+1;;. The number of carboxylic acid groups (broad SMARTS) is 1. The molecule has 538 valence electrons. The van der Waals surface area contributed by atoms with Crippen molar-refractivity contribution in [2.24, 2.45) is 0 Å². The van der Waals surface area contributed by atoms with E-state index in [2.05, 4.69) is 206 Å². The molecule has 0 bridgehead atoms. The number of aliphatic hydroxyl groups excluding tert-OH is 1. The van der Waals surface area contributed by atoms with E-state index in [1.165, 1.54) is 186 Å². The summed E-state index contributed by atoms with van der Waals surface area (Å²) < 4.78 is 9.62. The van der Waals surface area contributed by atoms with E-state index in [1.807, 2.05) is 13.8 Å². The number of carbonyl (C=O) groups excluding carboxylic acids is 2. The first kappa shape index (κ1) is 104. The molecule has 0 aliphatic carbocycles. The highest BCUT2D eigenvalue weighted by Gasteiger charge is 2.02. The highest BCUT2D eigenvalue weighted by atomic mass is 80.0. The molecule has 12 heteroatoms. The van der Waals surface area contributed by atoms with Crippen LogP contribution < -0.4 is 0 Å². The van der Waals surface area contributed by atoms with Gasteiger partial charge in [0.2, 0.25) is 0 Å². The molecule has 0 aromatic rings. The van der Waals surface area contributed by atoms with Gasteiger partial charge in [0, 0.05) is 51.4 Å². The van der Waals surface area contributed by atoms with Crippen molar-refractivity contribution in [3.05, 3.63) is 48.6 Å². The lowest BCUT2D eigenvalue weighted by Crippen LogP contribution is -2.03. The number of esters is 2. The Kier molecular flexibility index (Phi) is 121. The number of aliphatic carboxylic acids is 1. The minimum atomic E-state index is -0.671. The van der Waals surface area contributed by atoms with Crippen LogP contribution in [0.4, 0.5) is 0 Å². The van der Waals surface area contributed by atoms with Gasteiger partial charge in [-0.05, 0) is 176 Å². The van der Waals surface area contributed by atoms with Crippen LogP contribution >= 0.6 is 66.4 Å². The van der Waals surface area contributed by atoms with Crippen LogP contribution in [0.3, 0.4) is 0 Å². The van der Waals surface area contributed by atoms with Gasteiger partial charge in [0.15, 0.2) is 0 Å². The van der Waals surface area contributed by atoms with Crippen LogP contribution in [-0.2, 0) is 23.9 Å². The number of allylic oxidation sites excluding steroid dienone is 8. The van der Waals surface area contributed by atoms with Crippen LogP contribution in [0.2, 0.25) is 0 Å². The molecule has 7 nitrogen and oxygen atoms in total. The number of rotatable bonds is 49. The molecule has 0 fully saturated rings. The summed E-state index contributed by atoms with van der Waals surface area (Å²) in [4.78, 5) is 32.6. The largest absolute Gasteiger partial charge is 0.481 e. The fraction of sp³-hybridized carbons (Fsp3) is 0.741. The van der Waals surface area contributed by atoms with Crippen molar-refractivity contribution >= 4 is 84.3 Å². The van der Waals surface area contributed by atoms with Crippen molar-refractivity contribution in [1.82, 2.24) is 0 Å². The van der Waals surface area contributed by atoms with E-state index < -0.39 is 5.97 Å². The van der Waals surface area contributed by atoms with Crippen molar-refractivity contribution < 1.29 is 34.1 Å². The molecule has 0 aliphatic heterocycles. The Bertz CT molecular complexity index is 1880. The number of terminal acetylenes is 1. The van der Waals surface area contributed by atoms with E-state index in [4.69, 9.17) is 26.1 Å². The van der Waals surface area contributed by atoms with Crippen LogP contribution in [0.1, 0.15) is 364 Å². The molecule has 0 rings (SSSR count). The highest BCUT2D eigenvalue weighted by molar-refractivity contribution is 9.93. The molecular formula is C81H139Br4O7P. The van der Waals surface area contributed by atoms with E-state index in [-0.39, 0.29) is 22.6 Å². The fourth-order valence-electron chi connectivity index (χ4n) is 8.14. The van der Waals surface area contributed by atoms with Crippen LogP contribution in [0, 0.1) is 59.7 Å². The molecule has 0 saturated carbocycles. The van der Waals surface area contributed by atoms with Crippen LogP contribution in [-0.4, -0.2) is 53.3 Å². The molecule has 0 spiro atoms. The molecule has 0 aromatic heterocycles. The second-order valence-corrected chi connectivity index (χ2v) is 38.2. The lowest BCUT2D eigenvalue weighted by molar-refractivity contribution is -0.144. The summed E-state index contributed by atoms with van der Waals surface area (Å²) >= 11 is 12.8. The Morgan fingerprint density at radius 1 is 0.376 bits per heavy atom. The molecule has 2 N–H and O–H groups in total. The monoisotopic (exact) mass is 1580 g/mol. The maximum Gasteiger partial charge on any atom is 0.305 e. The normalized spacial score (nSPS) is 10.0. The maximum absolute atomic E-state index is 11.1. The van der Waals surface area contributed by atoms with E-state index in [0.29, 0.717) is 38.9 Å². The highest BCUT2D eigenvalue weighted by Crippen LogP contribution is 2.59. The third-order valence-corrected chi connectivity index (χ3v) is 13.7. The Morgan fingerprint density at radius 3 is 0.978 bits per heavy atom. The van der Waals surface area contributed by atoms with Gasteiger partial charge >= 0.3 is 17.9 Å². The number of halogens is 4. The Labute approximate surface area is 610 Å². The SMILES string of the molecule is BrP(Br)Br.C#CCCCCC.CCCCC/C=C\[13CH2]/C=C\CCCCCCCC(=O)O.CCCCC/C=C\[13CH2]/C=C\CCCCCCCC(=O)OCC.CCCCCC#C[13CH2]Br.CCCCCC#C[13CH2]C#CCCCCCCCC(=O)OCC.CCCCCC#C[13CH2]O. The first-order valence-electron chi connectivity index (χ1n) is 36.7. The summed E-state index contributed by atoms with van der Waals surface area (Å²) in [5.74, 6) is 25.9. The molecule has 0 saturated heterocycles. The molecule has 0 aliphatic rings. The van der Waals surface area contributed by atoms with Gasteiger partial charge in [-0.25, -0.2) is 0 Å². The number of carbonyl (C=O) groups is 3. The second-order valence-electron chi connectivity index (χ2n) is 22.3. The van der Waals surface area contributed by atoms with Crippen LogP contribution in [0.15, 0.2) is 48.6 Å². The quantitative estimate of drug-likeness (QED) is 0.0119. The number of hydrogen-bond donors (Lipinski definition) is 2. The van der Waals surface area contributed by atoms with Crippen molar-refractivity contribution in [2.45, 2.75) is 364 Å². The van der Waals surface area contributed by atoms with Gasteiger partial charge in [-0.1, -0.05) is 265 Å². The number of carboxylic acids is 1. The van der Waals surface area contributed by atoms with Gasteiger partial charge in [-0.15, -0.1) is 36.0 Å². The van der Waals surface area contributed by atoms with Gasteiger partial charge in [-0.3, -0.25) is 14.4 Å². The van der Waals surface area contributed by atoms with E-state index in [1.54, 1.807) is 0 Å². The molecule has 0 unspecified atom stereocenters. The number of alkyl halides is 1.